The smallest absolute Gasteiger partial charge is 0.335 e. The first-order valence-electron chi connectivity index (χ1n) is 7.33. The lowest BCUT2D eigenvalue weighted by atomic mass is 9.75. The van der Waals surface area contributed by atoms with Crippen LogP contribution in [0.4, 0.5) is 0 Å². The summed E-state index contributed by atoms with van der Waals surface area (Å²) in [6, 6.07) is 3.00. The van der Waals surface area contributed by atoms with Crippen LogP contribution in [-0.4, -0.2) is 22.2 Å². The largest absolute Gasteiger partial charge is 0.478 e. The summed E-state index contributed by atoms with van der Waals surface area (Å²) in [6.45, 7) is 6.68. The van der Waals surface area contributed by atoms with Crippen molar-refractivity contribution >= 4 is 5.97 Å². The summed E-state index contributed by atoms with van der Waals surface area (Å²) in [7, 11) is 0. The highest BCUT2D eigenvalue weighted by molar-refractivity contribution is 5.87. The molecule has 20 heavy (non-hydrogen) atoms. The molecule has 1 fully saturated rings. The van der Waals surface area contributed by atoms with Gasteiger partial charge < -0.3 is 9.84 Å². The first kappa shape index (κ1) is 14.8. The lowest BCUT2D eigenvalue weighted by Crippen LogP contribution is -2.36. The van der Waals surface area contributed by atoms with Gasteiger partial charge >= 0.3 is 5.97 Å². The van der Waals surface area contributed by atoms with E-state index in [4.69, 9.17) is 9.84 Å². The Morgan fingerprint density at radius 1 is 1.45 bits per heavy atom. The van der Waals surface area contributed by atoms with E-state index in [0.717, 1.165) is 6.42 Å². The third-order valence-electron chi connectivity index (χ3n) is 4.22. The van der Waals surface area contributed by atoms with Crippen LogP contribution in [-0.2, 0) is 0 Å². The maximum atomic E-state index is 11.0. The summed E-state index contributed by atoms with van der Waals surface area (Å²) in [5.74, 6) is 1.21. The molecule has 1 aliphatic rings. The second-order valence-electron chi connectivity index (χ2n) is 6.17. The van der Waals surface area contributed by atoms with E-state index in [1.54, 1.807) is 0 Å². The summed E-state index contributed by atoms with van der Waals surface area (Å²) in [5, 5.41) is 9.01. The van der Waals surface area contributed by atoms with E-state index >= 15 is 0 Å². The molecule has 1 aromatic rings. The predicted molar refractivity (Wildman–Crippen MR) is 77.0 cm³/mol. The molecule has 4 heteroatoms. The molecule has 1 aromatic heterocycles. The highest BCUT2D eigenvalue weighted by atomic mass is 16.5. The van der Waals surface area contributed by atoms with Crippen LogP contribution >= 0.6 is 0 Å². The minimum absolute atomic E-state index is 0.135. The maximum Gasteiger partial charge on any atom is 0.335 e. The van der Waals surface area contributed by atoms with Crippen molar-refractivity contribution in [3.05, 3.63) is 23.9 Å². The SMILES string of the molecule is CC1CCC(C(C)C)C(Oc2cc(C(=O)O)ccn2)C1. The van der Waals surface area contributed by atoms with Crippen LogP contribution in [0, 0.1) is 17.8 Å². The van der Waals surface area contributed by atoms with Crippen LogP contribution in [0.2, 0.25) is 0 Å². The summed E-state index contributed by atoms with van der Waals surface area (Å²) in [5.41, 5.74) is 0.222. The van der Waals surface area contributed by atoms with Crippen molar-refractivity contribution in [2.45, 2.75) is 46.1 Å². The number of aromatic carboxylic acids is 1. The highest BCUT2D eigenvalue weighted by Crippen LogP contribution is 2.35. The van der Waals surface area contributed by atoms with Gasteiger partial charge in [0.2, 0.25) is 5.88 Å². The van der Waals surface area contributed by atoms with Gasteiger partial charge in [0.1, 0.15) is 6.10 Å². The first-order valence-corrected chi connectivity index (χ1v) is 7.33. The van der Waals surface area contributed by atoms with Crippen LogP contribution in [0.5, 0.6) is 5.88 Å². The zero-order chi connectivity index (χ0) is 14.7. The lowest BCUT2D eigenvalue weighted by molar-refractivity contribution is 0.0423. The maximum absolute atomic E-state index is 11.0. The third-order valence-corrected chi connectivity index (χ3v) is 4.22. The number of carboxylic acids is 1. The number of carbonyl (C=O) groups is 1. The molecule has 1 N–H and O–H groups in total. The van der Waals surface area contributed by atoms with E-state index in [0.29, 0.717) is 23.6 Å². The molecule has 0 amide bonds. The minimum Gasteiger partial charge on any atom is -0.478 e. The molecule has 1 heterocycles. The number of ether oxygens (including phenoxy) is 1. The molecular weight excluding hydrogens is 254 g/mol. The van der Waals surface area contributed by atoms with Crippen molar-refractivity contribution in [1.82, 2.24) is 4.98 Å². The van der Waals surface area contributed by atoms with Crippen molar-refractivity contribution in [1.29, 1.82) is 0 Å². The van der Waals surface area contributed by atoms with Crippen LogP contribution in [0.15, 0.2) is 18.3 Å². The fraction of sp³-hybridized carbons (Fsp3) is 0.625. The average Bonchev–Trinajstić information content (AvgIpc) is 2.38. The first-order chi connectivity index (χ1) is 9.47. The lowest BCUT2D eigenvalue weighted by Gasteiger charge is -2.37. The standard InChI is InChI=1S/C16H23NO3/c1-10(2)13-5-4-11(3)8-14(13)20-15-9-12(16(18)19)6-7-17-15/h6-7,9-11,13-14H,4-5,8H2,1-3H3,(H,18,19). The zero-order valence-corrected chi connectivity index (χ0v) is 12.4. The van der Waals surface area contributed by atoms with Gasteiger partial charge in [0, 0.05) is 12.3 Å². The van der Waals surface area contributed by atoms with Crippen LogP contribution < -0.4 is 4.74 Å². The zero-order valence-electron chi connectivity index (χ0n) is 12.4. The Hall–Kier alpha value is -1.58. The van der Waals surface area contributed by atoms with Crippen molar-refractivity contribution in [3.63, 3.8) is 0 Å². The molecule has 0 saturated heterocycles. The molecule has 0 bridgehead atoms. The number of hydrogen-bond donors (Lipinski definition) is 1. The number of rotatable bonds is 4. The van der Waals surface area contributed by atoms with Crippen LogP contribution in [0.25, 0.3) is 0 Å². The Morgan fingerprint density at radius 2 is 2.20 bits per heavy atom. The van der Waals surface area contributed by atoms with Crippen LogP contribution in [0.3, 0.4) is 0 Å². The van der Waals surface area contributed by atoms with E-state index in [1.165, 1.54) is 31.2 Å². The number of nitrogens with zero attached hydrogens (tertiary/aromatic N) is 1. The van der Waals surface area contributed by atoms with Crippen molar-refractivity contribution in [2.75, 3.05) is 0 Å². The van der Waals surface area contributed by atoms with Gasteiger partial charge in [-0.05, 0) is 36.7 Å². The molecule has 0 radical (unpaired) electrons. The van der Waals surface area contributed by atoms with E-state index < -0.39 is 5.97 Å². The average molecular weight is 277 g/mol. The third kappa shape index (κ3) is 3.50. The minimum atomic E-state index is -0.949. The van der Waals surface area contributed by atoms with Gasteiger partial charge in [-0.1, -0.05) is 27.2 Å². The topological polar surface area (TPSA) is 59.4 Å². The molecular formula is C16H23NO3. The van der Waals surface area contributed by atoms with Gasteiger partial charge in [0.05, 0.1) is 5.56 Å². The number of pyridine rings is 1. The predicted octanol–water partition coefficient (Wildman–Crippen LogP) is 3.62. The van der Waals surface area contributed by atoms with Gasteiger partial charge in [-0.15, -0.1) is 0 Å². The van der Waals surface area contributed by atoms with Crippen molar-refractivity contribution in [3.8, 4) is 5.88 Å². The van der Waals surface area contributed by atoms with Gasteiger partial charge in [-0.25, -0.2) is 9.78 Å². The summed E-state index contributed by atoms with van der Waals surface area (Å²) in [4.78, 5) is 15.1. The van der Waals surface area contributed by atoms with E-state index in [1.807, 2.05) is 0 Å². The van der Waals surface area contributed by atoms with E-state index in [9.17, 15) is 4.79 Å². The molecule has 0 aromatic carbocycles. The summed E-state index contributed by atoms with van der Waals surface area (Å²) in [6.07, 6.45) is 5.06. The molecule has 0 spiro atoms. The fourth-order valence-electron chi connectivity index (χ4n) is 3.01. The van der Waals surface area contributed by atoms with Crippen LogP contribution in [0.1, 0.15) is 50.4 Å². The Labute approximate surface area is 120 Å². The fourth-order valence-corrected chi connectivity index (χ4v) is 3.01. The quantitative estimate of drug-likeness (QED) is 0.913. The molecule has 2 rings (SSSR count). The molecule has 0 aliphatic heterocycles. The highest BCUT2D eigenvalue weighted by Gasteiger charge is 2.32. The van der Waals surface area contributed by atoms with E-state index in [-0.39, 0.29) is 11.7 Å². The molecule has 4 nitrogen and oxygen atoms in total. The van der Waals surface area contributed by atoms with Crippen molar-refractivity contribution in [2.24, 2.45) is 17.8 Å². The molecule has 1 saturated carbocycles. The Bertz CT molecular complexity index is 473. The summed E-state index contributed by atoms with van der Waals surface area (Å²) < 4.78 is 6.02. The monoisotopic (exact) mass is 277 g/mol. The van der Waals surface area contributed by atoms with E-state index in [2.05, 4.69) is 25.8 Å². The molecule has 3 unspecified atom stereocenters. The Kier molecular flexibility index (Phi) is 4.63. The van der Waals surface area contributed by atoms with Gasteiger partial charge in [-0.3, -0.25) is 0 Å². The Morgan fingerprint density at radius 3 is 2.85 bits per heavy atom. The second kappa shape index (κ2) is 6.25. The Balaban J connectivity index is 2.13. The molecule has 110 valence electrons. The second-order valence-corrected chi connectivity index (χ2v) is 6.17. The van der Waals surface area contributed by atoms with Crippen molar-refractivity contribution < 1.29 is 14.6 Å². The van der Waals surface area contributed by atoms with Gasteiger partial charge in [0.15, 0.2) is 0 Å². The molecule has 3 atom stereocenters. The van der Waals surface area contributed by atoms with Gasteiger partial charge in [0.25, 0.3) is 0 Å². The van der Waals surface area contributed by atoms with Gasteiger partial charge in [-0.2, -0.15) is 0 Å². The normalized spacial score (nSPS) is 26.5. The number of carboxylic acid groups (broad SMARTS) is 1. The summed E-state index contributed by atoms with van der Waals surface area (Å²) >= 11 is 0. The molecule has 1 aliphatic carbocycles. The number of aromatic nitrogens is 1. The number of hydrogen-bond acceptors (Lipinski definition) is 3.